The predicted molar refractivity (Wildman–Crippen MR) is 357 cm³/mol. The van der Waals surface area contributed by atoms with E-state index in [1.165, 1.54) is 70.6 Å². The first-order valence-electron chi connectivity index (χ1n) is 33.5. The van der Waals surface area contributed by atoms with E-state index in [4.69, 9.17) is 14.2 Å². The van der Waals surface area contributed by atoms with Gasteiger partial charge in [-0.25, -0.2) is 0 Å². The molecule has 0 saturated heterocycles. The largest absolute Gasteiger partial charge is 0.462 e. The Morgan fingerprint density at radius 1 is 0.256 bits per heavy atom. The van der Waals surface area contributed by atoms with Crippen LogP contribution in [0.1, 0.15) is 284 Å². The molecule has 82 heavy (non-hydrogen) atoms. The number of carbonyl (C=O) groups is 3. The van der Waals surface area contributed by atoms with Gasteiger partial charge in [-0.05, 0) is 128 Å². The van der Waals surface area contributed by atoms with Crippen molar-refractivity contribution in [2.75, 3.05) is 13.2 Å². The maximum atomic E-state index is 12.9. The van der Waals surface area contributed by atoms with E-state index in [2.05, 4.69) is 179 Å². The molecule has 1 atom stereocenters. The van der Waals surface area contributed by atoms with Crippen molar-refractivity contribution in [3.63, 3.8) is 0 Å². The molecule has 0 aliphatic rings. The normalized spacial score (nSPS) is 13.2. The molecule has 0 aromatic rings. The molecule has 0 aliphatic heterocycles. The van der Waals surface area contributed by atoms with E-state index in [-0.39, 0.29) is 37.5 Å². The van der Waals surface area contributed by atoms with Gasteiger partial charge >= 0.3 is 17.9 Å². The van der Waals surface area contributed by atoms with Crippen LogP contribution in [0.25, 0.3) is 0 Å². The van der Waals surface area contributed by atoms with Gasteiger partial charge in [0.15, 0.2) is 6.10 Å². The Morgan fingerprint density at radius 3 is 0.744 bits per heavy atom. The van der Waals surface area contributed by atoms with E-state index < -0.39 is 6.10 Å². The van der Waals surface area contributed by atoms with Crippen molar-refractivity contribution in [2.45, 2.75) is 290 Å². The first-order chi connectivity index (χ1) is 40.5. The molecule has 0 heterocycles. The van der Waals surface area contributed by atoms with Gasteiger partial charge in [0.05, 0.1) is 0 Å². The minimum atomic E-state index is -0.808. The third kappa shape index (κ3) is 65.8. The van der Waals surface area contributed by atoms with Crippen LogP contribution in [0.3, 0.4) is 0 Å². The summed E-state index contributed by atoms with van der Waals surface area (Å²) >= 11 is 0. The molecule has 462 valence electrons. The lowest BCUT2D eigenvalue weighted by atomic mass is 10.0. The van der Waals surface area contributed by atoms with Crippen molar-refractivity contribution >= 4 is 17.9 Å². The smallest absolute Gasteiger partial charge is 0.306 e. The van der Waals surface area contributed by atoms with Gasteiger partial charge in [-0.15, -0.1) is 0 Å². The number of esters is 3. The second-order valence-electron chi connectivity index (χ2n) is 21.6. The van der Waals surface area contributed by atoms with E-state index in [1.54, 1.807) is 0 Å². The van der Waals surface area contributed by atoms with Gasteiger partial charge in [-0.3, -0.25) is 14.4 Å². The summed E-state index contributed by atoms with van der Waals surface area (Å²) in [4.78, 5) is 38.4. The molecule has 0 radical (unpaired) electrons. The molecular formula is C76H122O6. The van der Waals surface area contributed by atoms with Crippen LogP contribution in [0.2, 0.25) is 0 Å². The van der Waals surface area contributed by atoms with Crippen LogP contribution in [0.4, 0.5) is 0 Å². The molecule has 6 nitrogen and oxygen atoms in total. The maximum absolute atomic E-state index is 12.9. The van der Waals surface area contributed by atoms with Crippen LogP contribution in [0.5, 0.6) is 0 Å². The van der Waals surface area contributed by atoms with E-state index in [1.807, 2.05) is 0 Å². The highest BCUT2D eigenvalue weighted by Gasteiger charge is 2.19. The highest BCUT2D eigenvalue weighted by atomic mass is 16.6. The number of rotatable bonds is 59. The standard InChI is InChI=1S/C76H122O6/c1-4-7-10-13-16-19-22-25-28-30-32-34-36-37-38-39-41-42-44-46-48-51-54-57-60-63-66-69-75(78)81-72-73(71-80-74(77)68-65-62-59-56-53-50-27-24-21-18-15-12-9-6-3)82-76(79)70-67-64-61-58-55-52-49-47-45-43-40-35-33-31-29-26-23-20-17-14-11-8-5-2/h7-8,10-11,16-17,19-20,25-26,28-29,32-35,37-38,41-43,45-46,48-49,52,73H,4-6,9,12-15,18,21-24,27,30-31,36,39-40,44,47,50-51,53-72H2,1-3H3/b10-7-,11-8-,19-16-,20-17-,28-25-,29-26-,34-32-,35-33-,38-37-,42-41-,45-43-,48-46-,52-49-. The number of hydrogen-bond acceptors (Lipinski definition) is 6. The van der Waals surface area contributed by atoms with Gasteiger partial charge in [-0.2, -0.15) is 0 Å². The van der Waals surface area contributed by atoms with Crippen molar-refractivity contribution in [1.29, 1.82) is 0 Å². The van der Waals surface area contributed by atoms with E-state index in [0.29, 0.717) is 12.8 Å². The highest BCUT2D eigenvalue weighted by Crippen LogP contribution is 2.15. The molecule has 0 bridgehead atoms. The molecule has 1 unspecified atom stereocenters. The monoisotopic (exact) mass is 1130 g/mol. The molecule has 6 heteroatoms. The van der Waals surface area contributed by atoms with Crippen molar-refractivity contribution in [2.24, 2.45) is 0 Å². The second kappa shape index (κ2) is 68.5. The first-order valence-corrected chi connectivity index (χ1v) is 33.5. The summed E-state index contributed by atoms with van der Waals surface area (Å²) in [5.41, 5.74) is 0. The van der Waals surface area contributed by atoms with Crippen LogP contribution >= 0.6 is 0 Å². The van der Waals surface area contributed by atoms with E-state index >= 15 is 0 Å². The molecule has 0 saturated carbocycles. The van der Waals surface area contributed by atoms with E-state index in [0.717, 1.165) is 173 Å². The topological polar surface area (TPSA) is 78.9 Å². The fourth-order valence-electron chi connectivity index (χ4n) is 8.84. The van der Waals surface area contributed by atoms with Crippen LogP contribution in [0.15, 0.2) is 158 Å². The molecule has 0 spiro atoms. The summed E-state index contributed by atoms with van der Waals surface area (Å²) in [5.74, 6) is -0.942. The van der Waals surface area contributed by atoms with Crippen molar-refractivity contribution in [3.8, 4) is 0 Å². The lowest BCUT2D eigenvalue weighted by Crippen LogP contribution is -2.30. The summed E-state index contributed by atoms with van der Waals surface area (Å²) in [6.45, 7) is 6.38. The number of allylic oxidation sites excluding steroid dienone is 26. The number of hydrogen-bond donors (Lipinski definition) is 0. The predicted octanol–water partition coefficient (Wildman–Crippen LogP) is 23.3. The summed E-state index contributed by atoms with van der Waals surface area (Å²) < 4.78 is 16.9. The van der Waals surface area contributed by atoms with Gasteiger partial charge < -0.3 is 14.2 Å². The van der Waals surface area contributed by atoms with Crippen molar-refractivity contribution < 1.29 is 28.6 Å². The Morgan fingerprint density at radius 2 is 0.476 bits per heavy atom. The third-order valence-electron chi connectivity index (χ3n) is 13.8. The Hall–Kier alpha value is -4.97. The van der Waals surface area contributed by atoms with Crippen LogP contribution < -0.4 is 0 Å². The number of ether oxygens (including phenoxy) is 3. The van der Waals surface area contributed by atoms with Crippen molar-refractivity contribution in [3.05, 3.63) is 158 Å². The third-order valence-corrected chi connectivity index (χ3v) is 13.8. The molecule has 0 aromatic carbocycles. The average Bonchev–Trinajstić information content (AvgIpc) is 3.48. The van der Waals surface area contributed by atoms with Crippen LogP contribution in [-0.4, -0.2) is 37.2 Å². The average molecular weight is 1130 g/mol. The minimum absolute atomic E-state index is 0.0990. The zero-order valence-corrected chi connectivity index (χ0v) is 52.9. The Labute approximate surface area is 505 Å². The van der Waals surface area contributed by atoms with Crippen LogP contribution in [-0.2, 0) is 28.6 Å². The summed E-state index contributed by atoms with van der Waals surface area (Å²) in [5, 5.41) is 0. The number of unbranched alkanes of at least 4 members (excludes halogenated alkanes) is 22. The van der Waals surface area contributed by atoms with Gasteiger partial charge in [0.1, 0.15) is 13.2 Å². The lowest BCUT2D eigenvalue weighted by Gasteiger charge is -2.18. The SMILES string of the molecule is CC/C=C\C/C=C\C/C=C\C/C=C\C/C=C\C/C=C\C/C=C\CCCCCCCC(=O)OCC(COC(=O)CCCCCCCCCCCCCCCC)OC(=O)CCCCCC/C=C\C/C=C\C/C=C\C/C=C\C/C=C\C/C=C\CC. The summed E-state index contributed by atoms with van der Waals surface area (Å²) in [6, 6.07) is 0. The van der Waals surface area contributed by atoms with Gasteiger partial charge in [0, 0.05) is 19.3 Å². The van der Waals surface area contributed by atoms with Crippen molar-refractivity contribution in [1.82, 2.24) is 0 Å². The molecule has 0 amide bonds. The quantitative estimate of drug-likeness (QED) is 0.0261. The number of carbonyl (C=O) groups excluding carboxylic acids is 3. The lowest BCUT2D eigenvalue weighted by molar-refractivity contribution is -0.167. The van der Waals surface area contributed by atoms with Crippen LogP contribution in [0, 0.1) is 0 Å². The Kier molecular flexibility index (Phi) is 64.4. The maximum Gasteiger partial charge on any atom is 0.306 e. The molecule has 0 rings (SSSR count). The Balaban J connectivity index is 4.47. The first kappa shape index (κ1) is 77.0. The second-order valence-corrected chi connectivity index (χ2v) is 21.6. The molecule has 0 aromatic heterocycles. The molecule has 0 N–H and O–H groups in total. The van der Waals surface area contributed by atoms with E-state index in [9.17, 15) is 14.4 Å². The zero-order valence-electron chi connectivity index (χ0n) is 52.9. The minimum Gasteiger partial charge on any atom is -0.462 e. The summed E-state index contributed by atoms with van der Waals surface area (Å²) in [7, 11) is 0. The fraction of sp³-hybridized carbons (Fsp3) is 0.618. The Bertz CT molecular complexity index is 1830. The highest BCUT2D eigenvalue weighted by molar-refractivity contribution is 5.71. The fourth-order valence-corrected chi connectivity index (χ4v) is 8.84. The zero-order chi connectivity index (χ0) is 59.2. The summed E-state index contributed by atoms with van der Waals surface area (Å²) in [6.07, 6.45) is 99.6. The van der Waals surface area contributed by atoms with Gasteiger partial charge in [0.2, 0.25) is 0 Å². The van der Waals surface area contributed by atoms with Gasteiger partial charge in [-0.1, -0.05) is 294 Å². The molecule has 0 fully saturated rings. The molecular weight excluding hydrogens is 1010 g/mol. The van der Waals surface area contributed by atoms with Gasteiger partial charge in [0.25, 0.3) is 0 Å². The molecule has 0 aliphatic carbocycles.